The highest BCUT2D eigenvalue weighted by atomic mass is 16.3. The Morgan fingerprint density at radius 1 is 0.839 bits per heavy atom. The van der Waals surface area contributed by atoms with Gasteiger partial charge in [0.1, 0.15) is 18.1 Å². The lowest BCUT2D eigenvalue weighted by Gasteiger charge is -2.07. The van der Waals surface area contributed by atoms with E-state index in [0.717, 1.165) is 38.1 Å². The zero-order chi connectivity index (χ0) is 26.3. The van der Waals surface area contributed by atoms with Crippen LogP contribution in [-0.2, 0) is 7.05 Å². The molecule has 3 heteroatoms. The summed E-state index contributed by atoms with van der Waals surface area (Å²) in [5.74, 6) is 0. The van der Waals surface area contributed by atoms with Crippen LogP contribution in [-0.4, -0.2) is 4.98 Å². The van der Waals surface area contributed by atoms with Crippen molar-refractivity contribution in [3.63, 3.8) is 0 Å². The first-order chi connectivity index (χ1) is 17.4. The molecule has 6 aromatic rings. The molecule has 150 valence electrons. The van der Waals surface area contributed by atoms with E-state index in [0.29, 0.717) is 22.4 Å². The lowest BCUT2D eigenvalue weighted by atomic mass is 9.98. The van der Waals surface area contributed by atoms with Gasteiger partial charge in [0.15, 0.2) is 11.8 Å². The third-order valence-electron chi connectivity index (χ3n) is 6.03. The highest BCUT2D eigenvalue weighted by Crippen LogP contribution is 2.39. The largest absolute Gasteiger partial charge is 0.453 e. The fourth-order valence-electron chi connectivity index (χ4n) is 4.45. The van der Waals surface area contributed by atoms with Gasteiger partial charge in [-0.2, -0.15) is 0 Å². The van der Waals surface area contributed by atoms with Crippen LogP contribution in [0, 0.1) is 20.6 Å². The van der Waals surface area contributed by atoms with Gasteiger partial charge in [-0.05, 0) is 50.0 Å². The van der Waals surface area contributed by atoms with E-state index in [4.69, 9.17) is 17.6 Å². The normalized spacial score (nSPS) is 15.5. The molecule has 0 N–H and O–H groups in total. The molecule has 0 saturated carbocycles. The highest BCUT2D eigenvalue weighted by Gasteiger charge is 2.22. The molecule has 0 bridgehead atoms. The van der Waals surface area contributed by atoms with Gasteiger partial charge in [-0.3, -0.25) is 0 Å². The second-order valence-electron chi connectivity index (χ2n) is 8.03. The third-order valence-corrected chi connectivity index (χ3v) is 6.03. The first-order valence-electron chi connectivity index (χ1n) is 13.1. The predicted molar refractivity (Wildman–Crippen MR) is 127 cm³/mol. The summed E-state index contributed by atoms with van der Waals surface area (Å²) in [6.07, 6.45) is 1.40. The number of hydrogen-bond donors (Lipinski definition) is 0. The summed E-state index contributed by atoms with van der Waals surface area (Å²) < 4.78 is 55.9. The molecule has 0 aliphatic rings. The van der Waals surface area contributed by atoms with Crippen LogP contribution < -0.4 is 4.57 Å². The van der Waals surface area contributed by atoms with E-state index in [1.54, 1.807) is 11.6 Å². The standard InChI is InChI=1S/C28H23N2O/c1-16-9-11-21-22-12-10-20-14-19-7-5-6-8-23(19)29-26(20)28(22)31-27(21)25(16)24-13-17(2)18(3)15-30(24)4/h5-15H,1-4H3/q+1/i2D3,3D3. The van der Waals surface area contributed by atoms with Crippen molar-refractivity contribution < 1.29 is 17.2 Å². The summed E-state index contributed by atoms with van der Waals surface area (Å²) >= 11 is 0. The summed E-state index contributed by atoms with van der Waals surface area (Å²) in [4.78, 5) is 4.89. The molecule has 3 aromatic carbocycles. The van der Waals surface area contributed by atoms with Gasteiger partial charge in [0.25, 0.3) is 0 Å². The van der Waals surface area contributed by atoms with E-state index in [2.05, 4.69) is 6.07 Å². The van der Waals surface area contributed by atoms with Crippen LogP contribution >= 0.6 is 0 Å². The Bertz CT molecular complexity index is 1880. The topological polar surface area (TPSA) is 29.9 Å². The molecule has 0 aliphatic carbocycles. The number of benzene rings is 3. The van der Waals surface area contributed by atoms with E-state index >= 15 is 0 Å². The average Bonchev–Trinajstić information content (AvgIpc) is 3.20. The van der Waals surface area contributed by atoms with Crippen LogP contribution in [0.5, 0.6) is 0 Å². The molecule has 3 nitrogen and oxygen atoms in total. The minimum Gasteiger partial charge on any atom is -0.453 e. The van der Waals surface area contributed by atoms with Crippen LogP contribution in [0.4, 0.5) is 0 Å². The van der Waals surface area contributed by atoms with Gasteiger partial charge in [-0.15, -0.1) is 0 Å². The molecule has 3 aromatic heterocycles. The number of nitrogens with zero attached hydrogens (tertiary/aromatic N) is 2. The van der Waals surface area contributed by atoms with Crippen molar-refractivity contribution >= 4 is 43.7 Å². The molecule has 0 atom stereocenters. The Labute approximate surface area is 189 Å². The minimum atomic E-state index is -2.59. The summed E-state index contributed by atoms with van der Waals surface area (Å²) in [7, 11) is 1.72. The second kappa shape index (κ2) is 6.39. The molecule has 0 unspecified atom stereocenters. The molecule has 0 saturated heterocycles. The molecule has 0 radical (unpaired) electrons. The van der Waals surface area contributed by atoms with Crippen molar-refractivity contribution in [2.24, 2.45) is 7.05 Å². The van der Waals surface area contributed by atoms with Gasteiger partial charge >= 0.3 is 0 Å². The molecule has 0 spiro atoms. The number of para-hydroxylation sites is 1. The van der Waals surface area contributed by atoms with Gasteiger partial charge in [-0.25, -0.2) is 9.55 Å². The van der Waals surface area contributed by atoms with Gasteiger partial charge < -0.3 is 4.42 Å². The number of rotatable bonds is 1. The first kappa shape index (κ1) is 12.9. The van der Waals surface area contributed by atoms with Crippen LogP contribution in [0.15, 0.2) is 71.3 Å². The van der Waals surface area contributed by atoms with E-state index in [1.807, 2.05) is 55.5 Å². The Hall–Kier alpha value is -3.72. The monoisotopic (exact) mass is 409 g/mol. The summed E-state index contributed by atoms with van der Waals surface area (Å²) in [5.41, 5.74) is 4.66. The Balaban J connectivity index is 1.70. The summed E-state index contributed by atoms with van der Waals surface area (Å²) in [5, 5.41) is 3.79. The van der Waals surface area contributed by atoms with E-state index in [9.17, 15) is 0 Å². The fraction of sp³-hybridized carbons (Fsp3) is 0.143. The first-order valence-corrected chi connectivity index (χ1v) is 10.1. The zero-order valence-electron chi connectivity index (χ0n) is 23.2. The highest BCUT2D eigenvalue weighted by molar-refractivity contribution is 6.17. The van der Waals surface area contributed by atoms with Crippen molar-refractivity contribution in [1.82, 2.24) is 4.98 Å². The molecular formula is C28H23N2O+. The third kappa shape index (κ3) is 2.59. The van der Waals surface area contributed by atoms with Crippen molar-refractivity contribution in [1.29, 1.82) is 0 Å². The smallest absolute Gasteiger partial charge is 0.216 e. The molecular weight excluding hydrogens is 380 g/mol. The number of aryl methyl sites for hydroxylation is 4. The molecule has 0 aliphatic heterocycles. The Morgan fingerprint density at radius 2 is 1.65 bits per heavy atom. The maximum absolute atomic E-state index is 8.03. The number of hydrogen-bond acceptors (Lipinski definition) is 2. The molecule has 31 heavy (non-hydrogen) atoms. The van der Waals surface area contributed by atoms with Gasteiger partial charge in [0, 0.05) is 41.4 Å². The van der Waals surface area contributed by atoms with Gasteiger partial charge in [0.05, 0.1) is 11.1 Å². The number of pyridine rings is 2. The SMILES string of the molecule is [2H]C([2H])([2H])c1cc(-c2c(C)ccc3c2oc2c3ccc3cc4ccccc4nc32)[n+](C)cc1C([2H])([2H])[2H]. The van der Waals surface area contributed by atoms with Crippen molar-refractivity contribution in [3.8, 4) is 11.3 Å². The van der Waals surface area contributed by atoms with Crippen LogP contribution in [0.25, 0.3) is 55.0 Å². The lowest BCUT2D eigenvalue weighted by Crippen LogP contribution is -2.31. The Kier molecular flexibility index (Phi) is 2.65. The number of fused-ring (bicyclic) bond motifs is 6. The van der Waals surface area contributed by atoms with Crippen LogP contribution in [0.2, 0.25) is 0 Å². The maximum Gasteiger partial charge on any atom is 0.216 e. The maximum atomic E-state index is 8.03. The number of furan rings is 1. The predicted octanol–water partition coefficient (Wildman–Crippen LogP) is 6.70. The van der Waals surface area contributed by atoms with Crippen molar-refractivity contribution in [2.75, 3.05) is 0 Å². The zero-order valence-corrected chi connectivity index (χ0v) is 17.2. The molecule has 3 heterocycles. The quantitative estimate of drug-likeness (QED) is 0.223. The lowest BCUT2D eigenvalue weighted by molar-refractivity contribution is -0.660. The van der Waals surface area contributed by atoms with Crippen molar-refractivity contribution in [2.45, 2.75) is 20.6 Å². The van der Waals surface area contributed by atoms with Crippen molar-refractivity contribution in [3.05, 3.63) is 83.6 Å². The minimum absolute atomic E-state index is 0.185. The van der Waals surface area contributed by atoms with E-state index in [-0.39, 0.29) is 11.1 Å². The van der Waals surface area contributed by atoms with Gasteiger partial charge in [-0.1, -0.05) is 36.4 Å². The van der Waals surface area contributed by atoms with Crippen LogP contribution in [0.3, 0.4) is 0 Å². The van der Waals surface area contributed by atoms with Gasteiger partial charge in [0.2, 0.25) is 5.69 Å². The van der Waals surface area contributed by atoms with E-state index < -0.39 is 13.7 Å². The molecule has 0 fully saturated rings. The fourth-order valence-corrected chi connectivity index (χ4v) is 4.45. The Morgan fingerprint density at radius 3 is 2.52 bits per heavy atom. The average molecular weight is 410 g/mol. The summed E-state index contributed by atoms with van der Waals surface area (Å²) in [6.45, 7) is -3.23. The van der Waals surface area contributed by atoms with Crippen LogP contribution in [0.1, 0.15) is 24.9 Å². The molecule has 6 rings (SSSR count). The number of aromatic nitrogens is 2. The van der Waals surface area contributed by atoms with E-state index in [1.165, 1.54) is 12.3 Å². The molecule has 0 amide bonds. The second-order valence-corrected chi connectivity index (χ2v) is 8.03. The summed E-state index contributed by atoms with van der Waals surface area (Å²) in [6, 6.07) is 19.5.